The minimum Gasteiger partial charge on any atom is -0.487 e. The molecule has 2 atom stereocenters. The van der Waals surface area contributed by atoms with E-state index in [0.29, 0.717) is 5.75 Å². The SMILES string of the molecule is CC1Oc2ccc(Oc3ccccc3)cc2C1O. The van der Waals surface area contributed by atoms with Crippen LogP contribution in [0.25, 0.3) is 0 Å². The average molecular weight is 242 g/mol. The van der Waals surface area contributed by atoms with Gasteiger partial charge in [-0.15, -0.1) is 0 Å². The first-order valence-corrected chi connectivity index (χ1v) is 5.95. The first-order chi connectivity index (χ1) is 8.74. The summed E-state index contributed by atoms with van der Waals surface area (Å²) < 4.78 is 11.2. The number of rotatable bonds is 2. The highest BCUT2D eigenvalue weighted by atomic mass is 16.5. The summed E-state index contributed by atoms with van der Waals surface area (Å²) in [6.45, 7) is 1.85. The van der Waals surface area contributed by atoms with Crippen molar-refractivity contribution in [2.75, 3.05) is 0 Å². The molecule has 18 heavy (non-hydrogen) atoms. The van der Waals surface area contributed by atoms with Crippen molar-refractivity contribution in [1.82, 2.24) is 0 Å². The molecule has 1 aliphatic heterocycles. The molecule has 0 aromatic heterocycles. The third-order valence-corrected chi connectivity index (χ3v) is 3.04. The highest BCUT2D eigenvalue weighted by molar-refractivity contribution is 5.46. The Bertz CT molecular complexity index is 551. The van der Waals surface area contributed by atoms with E-state index >= 15 is 0 Å². The topological polar surface area (TPSA) is 38.7 Å². The minimum absolute atomic E-state index is 0.202. The number of hydrogen-bond acceptors (Lipinski definition) is 3. The summed E-state index contributed by atoms with van der Waals surface area (Å²) in [6.07, 6.45) is -0.786. The summed E-state index contributed by atoms with van der Waals surface area (Å²) in [5.74, 6) is 2.21. The lowest BCUT2D eigenvalue weighted by Crippen LogP contribution is -2.12. The van der Waals surface area contributed by atoms with Gasteiger partial charge < -0.3 is 14.6 Å². The second-order valence-corrected chi connectivity index (χ2v) is 4.38. The van der Waals surface area contributed by atoms with E-state index in [1.807, 2.05) is 55.5 Å². The van der Waals surface area contributed by atoms with E-state index in [0.717, 1.165) is 17.1 Å². The quantitative estimate of drug-likeness (QED) is 0.878. The van der Waals surface area contributed by atoms with E-state index in [2.05, 4.69) is 0 Å². The van der Waals surface area contributed by atoms with E-state index in [-0.39, 0.29) is 6.10 Å². The monoisotopic (exact) mass is 242 g/mol. The Morgan fingerprint density at radius 3 is 2.61 bits per heavy atom. The molecule has 2 unspecified atom stereocenters. The van der Waals surface area contributed by atoms with Crippen LogP contribution in [0.5, 0.6) is 17.2 Å². The molecule has 0 bridgehead atoms. The molecule has 0 fully saturated rings. The molecule has 1 heterocycles. The molecule has 0 amide bonds. The van der Waals surface area contributed by atoms with Gasteiger partial charge in [0, 0.05) is 5.56 Å². The van der Waals surface area contributed by atoms with Crippen LogP contribution >= 0.6 is 0 Å². The second-order valence-electron chi connectivity index (χ2n) is 4.38. The zero-order chi connectivity index (χ0) is 12.5. The molecule has 0 spiro atoms. The van der Waals surface area contributed by atoms with Gasteiger partial charge in [0.2, 0.25) is 0 Å². The fraction of sp³-hybridized carbons (Fsp3) is 0.200. The van der Waals surface area contributed by atoms with Crippen molar-refractivity contribution in [3.63, 3.8) is 0 Å². The Hall–Kier alpha value is -2.00. The number of benzene rings is 2. The van der Waals surface area contributed by atoms with Gasteiger partial charge in [-0.05, 0) is 37.3 Å². The van der Waals surface area contributed by atoms with Gasteiger partial charge in [0.1, 0.15) is 29.5 Å². The van der Waals surface area contributed by atoms with Crippen molar-refractivity contribution in [1.29, 1.82) is 0 Å². The first-order valence-electron chi connectivity index (χ1n) is 5.95. The molecule has 2 aromatic rings. The Morgan fingerprint density at radius 2 is 1.83 bits per heavy atom. The maximum Gasteiger partial charge on any atom is 0.128 e. The van der Waals surface area contributed by atoms with Crippen LogP contribution in [0.4, 0.5) is 0 Å². The molecule has 3 nitrogen and oxygen atoms in total. The number of hydrogen-bond donors (Lipinski definition) is 1. The molecule has 0 radical (unpaired) electrons. The molecule has 3 rings (SSSR count). The van der Waals surface area contributed by atoms with Gasteiger partial charge in [-0.1, -0.05) is 18.2 Å². The van der Waals surface area contributed by atoms with Crippen LogP contribution in [0.3, 0.4) is 0 Å². The van der Waals surface area contributed by atoms with Crippen LogP contribution in [0.1, 0.15) is 18.6 Å². The van der Waals surface area contributed by atoms with Gasteiger partial charge in [-0.2, -0.15) is 0 Å². The minimum atomic E-state index is -0.584. The normalized spacial score (nSPS) is 21.2. The molecular formula is C15H14O3. The molecule has 1 N–H and O–H groups in total. The predicted molar refractivity (Wildman–Crippen MR) is 68.0 cm³/mol. The van der Waals surface area contributed by atoms with Crippen LogP contribution in [0.15, 0.2) is 48.5 Å². The van der Waals surface area contributed by atoms with Gasteiger partial charge in [0.15, 0.2) is 0 Å². The van der Waals surface area contributed by atoms with Crippen LogP contribution in [-0.2, 0) is 0 Å². The summed E-state index contributed by atoms with van der Waals surface area (Å²) in [6, 6.07) is 15.1. The zero-order valence-electron chi connectivity index (χ0n) is 10.0. The van der Waals surface area contributed by atoms with Crippen LogP contribution in [0.2, 0.25) is 0 Å². The maximum absolute atomic E-state index is 9.96. The highest BCUT2D eigenvalue weighted by Gasteiger charge is 2.29. The molecule has 3 heteroatoms. The maximum atomic E-state index is 9.96. The fourth-order valence-corrected chi connectivity index (χ4v) is 2.07. The average Bonchev–Trinajstić information content (AvgIpc) is 2.67. The number of fused-ring (bicyclic) bond motifs is 1. The summed E-state index contributed by atoms with van der Waals surface area (Å²) in [5.41, 5.74) is 0.788. The van der Waals surface area contributed by atoms with E-state index in [1.54, 1.807) is 0 Å². The molecule has 92 valence electrons. The van der Waals surface area contributed by atoms with Crippen LogP contribution in [0, 0.1) is 0 Å². The predicted octanol–water partition coefficient (Wildman–Crippen LogP) is 3.29. The van der Waals surface area contributed by atoms with E-state index in [1.165, 1.54) is 0 Å². The number of para-hydroxylation sites is 1. The zero-order valence-corrected chi connectivity index (χ0v) is 10.0. The summed E-state index contributed by atoms with van der Waals surface area (Å²) >= 11 is 0. The van der Waals surface area contributed by atoms with E-state index < -0.39 is 6.10 Å². The lowest BCUT2D eigenvalue weighted by atomic mass is 10.1. The van der Waals surface area contributed by atoms with Crippen LogP contribution < -0.4 is 9.47 Å². The smallest absolute Gasteiger partial charge is 0.128 e. The Balaban J connectivity index is 1.88. The van der Waals surface area contributed by atoms with Crippen LogP contribution in [-0.4, -0.2) is 11.2 Å². The molecular weight excluding hydrogens is 228 g/mol. The third-order valence-electron chi connectivity index (χ3n) is 3.04. The number of ether oxygens (including phenoxy) is 2. The van der Waals surface area contributed by atoms with E-state index in [4.69, 9.17) is 9.47 Å². The van der Waals surface area contributed by atoms with Crippen molar-refractivity contribution in [2.45, 2.75) is 19.1 Å². The molecule has 0 saturated heterocycles. The summed E-state index contributed by atoms with van der Waals surface area (Å²) in [5, 5.41) is 9.96. The number of aliphatic hydroxyl groups excluding tert-OH is 1. The third kappa shape index (κ3) is 1.93. The molecule has 0 aliphatic carbocycles. The van der Waals surface area contributed by atoms with Crippen molar-refractivity contribution < 1.29 is 14.6 Å². The molecule has 0 saturated carbocycles. The van der Waals surface area contributed by atoms with Gasteiger partial charge >= 0.3 is 0 Å². The Labute approximate surface area is 106 Å². The lowest BCUT2D eigenvalue weighted by Gasteiger charge is -2.08. The molecule has 2 aromatic carbocycles. The van der Waals surface area contributed by atoms with Crippen molar-refractivity contribution in [2.24, 2.45) is 0 Å². The largest absolute Gasteiger partial charge is 0.487 e. The van der Waals surface area contributed by atoms with E-state index in [9.17, 15) is 5.11 Å². The van der Waals surface area contributed by atoms with Gasteiger partial charge in [-0.25, -0.2) is 0 Å². The van der Waals surface area contributed by atoms with Gasteiger partial charge in [-0.3, -0.25) is 0 Å². The van der Waals surface area contributed by atoms with Crippen molar-refractivity contribution in [3.05, 3.63) is 54.1 Å². The van der Waals surface area contributed by atoms with Crippen molar-refractivity contribution in [3.8, 4) is 17.2 Å². The molecule has 1 aliphatic rings. The van der Waals surface area contributed by atoms with Gasteiger partial charge in [0.25, 0.3) is 0 Å². The summed E-state index contributed by atoms with van der Waals surface area (Å²) in [4.78, 5) is 0. The second kappa shape index (κ2) is 4.35. The Kier molecular flexibility index (Phi) is 2.68. The fourth-order valence-electron chi connectivity index (χ4n) is 2.07. The Morgan fingerprint density at radius 1 is 1.06 bits per heavy atom. The highest BCUT2D eigenvalue weighted by Crippen LogP contribution is 2.39. The first kappa shape index (κ1) is 11.1. The van der Waals surface area contributed by atoms with Crippen molar-refractivity contribution >= 4 is 0 Å². The number of aliphatic hydroxyl groups is 1. The van der Waals surface area contributed by atoms with Gasteiger partial charge in [0.05, 0.1) is 0 Å². The summed E-state index contributed by atoms with van der Waals surface area (Å²) in [7, 11) is 0. The lowest BCUT2D eigenvalue weighted by molar-refractivity contribution is 0.0795. The standard InChI is InChI=1S/C15H14O3/c1-10-15(16)13-9-12(7-8-14(13)17-10)18-11-5-3-2-4-6-11/h2-10,15-16H,1H3.